The van der Waals surface area contributed by atoms with E-state index in [4.69, 9.17) is 9.47 Å². The zero-order valence-electron chi connectivity index (χ0n) is 13.1. The SMILES string of the molecule is COc1ccc2c(c1)[C@H](NCCc1ncc(C)s1)CCCO2. The van der Waals surface area contributed by atoms with Gasteiger partial charge in [-0.1, -0.05) is 0 Å². The highest BCUT2D eigenvalue weighted by Gasteiger charge is 2.20. The van der Waals surface area contributed by atoms with E-state index in [9.17, 15) is 0 Å². The molecule has 1 N–H and O–H groups in total. The van der Waals surface area contributed by atoms with E-state index in [0.717, 1.165) is 43.9 Å². The van der Waals surface area contributed by atoms with E-state index in [2.05, 4.69) is 23.3 Å². The monoisotopic (exact) mass is 318 g/mol. The lowest BCUT2D eigenvalue weighted by Crippen LogP contribution is -2.23. The number of methoxy groups -OCH3 is 1. The molecule has 0 amide bonds. The van der Waals surface area contributed by atoms with Gasteiger partial charge in [-0.15, -0.1) is 11.3 Å². The van der Waals surface area contributed by atoms with Gasteiger partial charge in [-0.25, -0.2) is 4.98 Å². The Morgan fingerprint density at radius 3 is 3.14 bits per heavy atom. The number of thiazole rings is 1. The number of ether oxygens (including phenoxy) is 2. The van der Waals surface area contributed by atoms with Gasteiger partial charge in [-0.2, -0.15) is 0 Å². The molecule has 118 valence electrons. The Morgan fingerprint density at radius 2 is 2.36 bits per heavy atom. The van der Waals surface area contributed by atoms with E-state index in [0.29, 0.717) is 6.04 Å². The molecule has 0 fully saturated rings. The van der Waals surface area contributed by atoms with Crippen LogP contribution in [0.2, 0.25) is 0 Å². The van der Waals surface area contributed by atoms with Crippen LogP contribution < -0.4 is 14.8 Å². The molecular weight excluding hydrogens is 296 g/mol. The Balaban J connectivity index is 1.68. The van der Waals surface area contributed by atoms with E-state index in [1.807, 2.05) is 18.3 Å². The normalized spacial score (nSPS) is 17.5. The summed E-state index contributed by atoms with van der Waals surface area (Å²) >= 11 is 1.77. The number of nitrogens with zero attached hydrogens (tertiary/aromatic N) is 1. The molecule has 4 nitrogen and oxygen atoms in total. The lowest BCUT2D eigenvalue weighted by atomic mass is 10.0. The third kappa shape index (κ3) is 3.59. The first-order valence-electron chi connectivity index (χ1n) is 7.71. The maximum absolute atomic E-state index is 5.84. The van der Waals surface area contributed by atoms with Crippen LogP contribution in [0, 0.1) is 6.92 Å². The predicted octanol–water partition coefficient (Wildman–Crippen LogP) is 3.51. The van der Waals surface area contributed by atoms with Crippen LogP contribution in [0.3, 0.4) is 0 Å². The van der Waals surface area contributed by atoms with Gasteiger partial charge in [0.05, 0.1) is 18.7 Å². The largest absolute Gasteiger partial charge is 0.497 e. The maximum atomic E-state index is 5.84. The second-order valence-corrected chi connectivity index (χ2v) is 6.84. The first kappa shape index (κ1) is 15.3. The topological polar surface area (TPSA) is 43.4 Å². The van der Waals surface area contributed by atoms with Crippen molar-refractivity contribution in [2.75, 3.05) is 20.3 Å². The summed E-state index contributed by atoms with van der Waals surface area (Å²) < 4.78 is 11.2. The van der Waals surface area contributed by atoms with Crippen LogP contribution in [-0.4, -0.2) is 25.2 Å². The highest BCUT2D eigenvalue weighted by molar-refractivity contribution is 7.11. The smallest absolute Gasteiger partial charge is 0.124 e. The molecule has 2 heterocycles. The fraction of sp³-hybridized carbons (Fsp3) is 0.471. The number of benzene rings is 1. The predicted molar refractivity (Wildman–Crippen MR) is 89.0 cm³/mol. The minimum atomic E-state index is 0.314. The number of rotatable bonds is 5. The number of nitrogens with one attached hydrogen (secondary N) is 1. The first-order chi connectivity index (χ1) is 10.8. The van der Waals surface area contributed by atoms with Gasteiger partial charge in [0.1, 0.15) is 11.5 Å². The quantitative estimate of drug-likeness (QED) is 0.916. The molecule has 0 radical (unpaired) electrons. The minimum absolute atomic E-state index is 0.314. The molecule has 1 aliphatic heterocycles. The second-order valence-electron chi connectivity index (χ2n) is 5.52. The Bertz CT molecular complexity index is 627. The highest BCUT2D eigenvalue weighted by atomic mass is 32.1. The molecule has 1 atom stereocenters. The van der Waals surface area contributed by atoms with Gasteiger partial charge in [-0.05, 0) is 38.0 Å². The van der Waals surface area contributed by atoms with Crippen LogP contribution in [-0.2, 0) is 6.42 Å². The van der Waals surface area contributed by atoms with Crippen LogP contribution in [0.25, 0.3) is 0 Å². The average molecular weight is 318 g/mol. The summed E-state index contributed by atoms with van der Waals surface area (Å²) in [5, 5.41) is 4.85. The molecule has 5 heteroatoms. The van der Waals surface area contributed by atoms with Gasteiger partial charge in [-0.3, -0.25) is 0 Å². The lowest BCUT2D eigenvalue weighted by molar-refractivity contribution is 0.314. The third-order valence-corrected chi connectivity index (χ3v) is 4.86. The molecule has 22 heavy (non-hydrogen) atoms. The number of aromatic nitrogens is 1. The Hall–Kier alpha value is -1.59. The van der Waals surface area contributed by atoms with Crippen LogP contribution >= 0.6 is 11.3 Å². The molecule has 0 spiro atoms. The van der Waals surface area contributed by atoms with Crippen molar-refractivity contribution < 1.29 is 9.47 Å². The number of aryl methyl sites for hydroxylation is 1. The number of hydrogen-bond acceptors (Lipinski definition) is 5. The standard InChI is InChI=1S/C17H22N2O2S/c1-12-11-19-17(22-12)7-8-18-15-4-3-9-21-16-6-5-13(20-2)10-14(15)16/h5-6,10-11,15,18H,3-4,7-9H2,1-2H3/t15-/m1/s1. The molecule has 0 saturated carbocycles. The summed E-state index contributed by atoms with van der Waals surface area (Å²) in [6.45, 7) is 3.80. The molecule has 0 unspecified atom stereocenters. The molecule has 0 aliphatic carbocycles. The molecule has 1 aliphatic rings. The van der Waals surface area contributed by atoms with E-state index in [1.54, 1.807) is 18.4 Å². The second kappa shape index (κ2) is 7.11. The summed E-state index contributed by atoms with van der Waals surface area (Å²) in [6, 6.07) is 6.37. The van der Waals surface area contributed by atoms with Crippen molar-refractivity contribution in [2.45, 2.75) is 32.2 Å². The summed E-state index contributed by atoms with van der Waals surface area (Å²) in [6.07, 6.45) is 5.05. The summed E-state index contributed by atoms with van der Waals surface area (Å²) in [5.41, 5.74) is 1.20. The van der Waals surface area contributed by atoms with Gasteiger partial charge in [0.15, 0.2) is 0 Å². The molecule has 1 aromatic carbocycles. The van der Waals surface area contributed by atoms with Crippen molar-refractivity contribution in [3.63, 3.8) is 0 Å². The van der Waals surface area contributed by atoms with Crippen molar-refractivity contribution >= 4 is 11.3 Å². The summed E-state index contributed by atoms with van der Waals surface area (Å²) in [7, 11) is 1.70. The van der Waals surface area contributed by atoms with Crippen molar-refractivity contribution in [3.05, 3.63) is 39.8 Å². The highest BCUT2D eigenvalue weighted by Crippen LogP contribution is 2.34. The van der Waals surface area contributed by atoms with Crippen LogP contribution in [0.1, 0.15) is 34.3 Å². The van der Waals surface area contributed by atoms with Crippen molar-refractivity contribution in [3.8, 4) is 11.5 Å². The van der Waals surface area contributed by atoms with E-state index in [1.165, 1.54) is 15.4 Å². The van der Waals surface area contributed by atoms with Gasteiger partial charge in [0.2, 0.25) is 0 Å². The van der Waals surface area contributed by atoms with E-state index >= 15 is 0 Å². The van der Waals surface area contributed by atoms with Crippen molar-refractivity contribution in [2.24, 2.45) is 0 Å². The van der Waals surface area contributed by atoms with E-state index < -0.39 is 0 Å². The Labute approximate surface area is 135 Å². The zero-order valence-corrected chi connectivity index (χ0v) is 13.9. The summed E-state index contributed by atoms with van der Waals surface area (Å²) in [5.74, 6) is 1.85. The molecule has 3 rings (SSSR count). The molecule has 1 aromatic heterocycles. The van der Waals surface area contributed by atoms with E-state index in [-0.39, 0.29) is 0 Å². The fourth-order valence-corrected chi connectivity index (χ4v) is 3.55. The molecular formula is C17H22N2O2S. The first-order valence-corrected chi connectivity index (χ1v) is 8.53. The average Bonchev–Trinajstić information content (AvgIpc) is 2.84. The Kier molecular flexibility index (Phi) is 4.95. The fourth-order valence-electron chi connectivity index (χ4n) is 2.76. The Morgan fingerprint density at radius 1 is 1.45 bits per heavy atom. The van der Waals surface area contributed by atoms with Crippen molar-refractivity contribution in [1.29, 1.82) is 0 Å². The molecule has 0 bridgehead atoms. The van der Waals surface area contributed by atoms with Crippen molar-refractivity contribution in [1.82, 2.24) is 10.3 Å². The third-order valence-electron chi connectivity index (χ3n) is 3.89. The van der Waals surface area contributed by atoms with Gasteiger partial charge < -0.3 is 14.8 Å². The van der Waals surface area contributed by atoms with Crippen LogP contribution in [0.4, 0.5) is 0 Å². The van der Waals surface area contributed by atoms with Gasteiger partial charge in [0, 0.05) is 35.6 Å². The summed E-state index contributed by atoms with van der Waals surface area (Å²) in [4.78, 5) is 5.69. The molecule has 0 saturated heterocycles. The lowest BCUT2D eigenvalue weighted by Gasteiger charge is -2.19. The van der Waals surface area contributed by atoms with Gasteiger partial charge >= 0.3 is 0 Å². The van der Waals surface area contributed by atoms with Gasteiger partial charge in [0.25, 0.3) is 0 Å². The zero-order chi connectivity index (χ0) is 15.4. The molecule has 2 aromatic rings. The van der Waals surface area contributed by atoms with Crippen LogP contribution in [0.15, 0.2) is 24.4 Å². The number of hydrogen-bond donors (Lipinski definition) is 1. The minimum Gasteiger partial charge on any atom is -0.497 e. The van der Waals surface area contributed by atoms with Crippen LogP contribution in [0.5, 0.6) is 11.5 Å². The maximum Gasteiger partial charge on any atom is 0.124 e. The number of fused-ring (bicyclic) bond motifs is 1.